The molecular weight excluding hydrogens is 679 g/mol. The van der Waals surface area contributed by atoms with Crippen molar-refractivity contribution in [1.29, 1.82) is 0 Å². The van der Waals surface area contributed by atoms with Crippen molar-refractivity contribution in [2.45, 2.75) is 82.2 Å². The van der Waals surface area contributed by atoms with E-state index in [4.69, 9.17) is 14.7 Å². The summed E-state index contributed by atoms with van der Waals surface area (Å²) in [5, 5.41) is 13.1. The van der Waals surface area contributed by atoms with E-state index >= 15 is 0 Å². The maximum Gasteiger partial charge on any atom is 0.335 e. The highest BCUT2D eigenvalue weighted by atomic mass is 32.2. The van der Waals surface area contributed by atoms with Crippen molar-refractivity contribution < 1.29 is 23.1 Å². The Kier molecular flexibility index (Phi) is 8.33. The average molecular weight is 722 g/mol. The van der Waals surface area contributed by atoms with E-state index in [1.807, 2.05) is 38.2 Å². The summed E-state index contributed by atoms with van der Waals surface area (Å²) in [5.74, 6) is -0.346. The van der Waals surface area contributed by atoms with Crippen LogP contribution >= 0.6 is 0 Å². The molecule has 0 saturated heterocycles. The van der Waals surface area contributed by atoms with Crippen LogP contribution in [-0.4, -0.2) is 56.6 Å². The Morgan fingerprint density at radius 2 is 1.77 bits per heavy atom. The van der Waals surface area contributed by atoms with Crippen LogP contribution in [0.3, 0.4) is 0 Å². The number of benzene rings is 2. The van der Waals surface area contributed by atoms with E-state index in [2.05, 4.69) is 44.6 Å². The summed E-state index contributed by atoms with van der Waals surface area (Å²) < 4.78 is 38.0. The van der Waals surface area contributed by atoms with Gasteiger partial charge < -0.3 is 19.7 Å². The fourth-order valence-electron chi connectivity index (χ4n) is 8.14. The monoisotopic (exact) mass is 721 g/mol. The van der Waals surface area contributed by atoms with Crippen molar-refractivity contribution >= 4 is 33.1 Å². The molecule has 0 radical (unpaired) electrons. The number of rotatable bonds is 14. The maximum absolute atomic E-state index is 13.5. The zero-order chi connectivity index (χ0) is 36.4. The number of ether oxygens (including phenoxy) is 1. The molecule has 9 rings (SSSR count). The number of aromatic carboxylic acids is 1. The Morgan fingerprint density at radius 1 is 1.04 bits per heavy atom. The third-order valence-electron chi connectivity index (χ3n) is 11.3. The zero-order valence-corrected chi connectivity index (χ0v) is 30.6. The van der Waals surface area contributed by atoms with Crippen molar-refractivity contribution in [1.82, 2.24) is 29.8 Å². The van der Waals surface area contributed by atoms with Crippen LogP contribution in [0, 0.1) is 25.2 Å². The van der Waals surface area contributed by atoms with E-state index in [1.54, 1.807) is 6.07 Å². The summed E-state index contributed by atoms with van der Waals surface area (Å²) in [6.45, 7) is 7.05. The molecule has 52 heavy (non-hydrogen) atoms. The van der Waals surface area contributed by atoms with Crippen molar-refractivity contribution in [3.8, 4) is 17.1 Å². The Morgan fingerprint density at radius 3 is 2.44 bits per heavy atom. The molecular formula is C39H43N7O5S. The topological polar surface area (TPSA) is 161 Å². The van der Waals surface area contributed by atoms with Crippen LogP contribution in [0.2, 0.25) is 0 Å². The van der Waals surface area contributed by atoms with Crippen LogP contribution in [-0.2, 0) is 29.0 Å². The quantitative estimate of drug-likeness (QED) is 0.118. The summed E-state index contributed by atoms with van der Waals surface area (Å²) in [6.07, 6.45) is 8.87. The second kappa shape index (κ2) is 12.7. The first-order valence-corrected chi connectivity index (χ1v) is 19.3. The van der Waals surface area contributed by atoms with E-state index in [-0.39, 0.29) is 33.7 Å². The van der Waals surface area contributed by atoms with Gasteiger partial charge in [-0.05, 0) is 99.1 Å². The molecule has 13 heteroatoms. The first-order chi connectivity index (χ1) is 24.8. The lowest BCUT2D eigenvalue weighted by Gasteiger charge is -2.63. The summed E-state index contributed by atoms with van der Waals surface area (Å²) in [7, 11) is -2.16. The molecule has 3 aromatic heterocycles. The zero-order valence-electron chi connectivity index (χ0n) is 29.8. The van der Waals surface area contributed by atoms with E-state index in [0.717, 1.165) is 52.0 Å². The van der Waals surface area contributed by atoms with Gasteiger partial charge in [-0.2, -0.15) is 4.98 Å². The minimum absolute atomic E-state index is 0.0226. The second-order valence-corrected chi connectivity index (χ2v) is 17.1. The molecule has 4 saturated carbocycles. The Bertz CT molecular complexity index is 2300. The summed E-state index contributed by atoms with van der Waals surface area (Å²) >= 11 is 0. The number of carboxylic acids is 1. The second-order valence-electron chi connectivity index (χ2n) is 15.4. The third kappa shape index (κ3) is 6.51. The normalized spacial score (nSPS) is 20.5. The van der Waals surface area contributed by atoms with E-state index in [0.29, 0.717) is 24.3 Å². The van der Waals surface area contributed by atoms with Crippen LogP contribution in [0.5, 0.6) is 5.88 Å². The molecule has 0 spiro atoms. The predicted molar refractivity (Wildman–Crippen MR) is 197 cm³/mol. The highest BCUT2D eigenvalue weighted by Crippen LogP contribution is 2.66. The largest absolute Gasteiger partial charge is 0.478 e. The van der Waals surface area contributed by atoms with Gasteiger partial charge in [0.05, 0.1) is 28.0 Å². The van der Waals surface area contributed by atoms with Gasteiger partial charge in [-0.3, -0.25) is 4.98 Å². The Labute approximate surface area is 303 Å². The molecule has 3 N–H and O–H groups in total. The molecule has 4 fully saturated rings. The summed E-state index contributed by atoms with van der Waals surface area (Å²) in [6, 6.07) is 14.9. The highest BCUT2D eigenvalue weighted by molar-refractivity contribution is 7.92. The van der Waals surface area contributed by atoms with Gasteiger partial charge >= 0.3 is 5.97 Å². The number of carbonyl (C=O) groups is 1. The number of fused-ring (bicyclic) bond motifs is 1. The Balaban J connectivity index is 1.06. The molecule has 270 valence electrons. The van der Waals surface area contributed by atoms with Crippen molar-refractivity contribution in [2.24, 2.45) is 18.4 Å². The molecule has 0 aliphatic heterocycles. The fraction of sp³-hybridized carbons (Fsp3) is 0.410. The van der Waals surface area contributed by atoms with Gasteiger partial charge in [0.2, 0.25) is 11.8 Å². The minimum Gasteiger partial charge on any atom is -0.478 e. The number of aromatic nitrogens is 5. The van der Waals surface area contributed by atoms with Crippen LogP contribution in [0.25, 0.3) is 22.4 Å². The highest BCUT2D eigenvalue weighted by Gasteiger charge is 2.56. The lowest BCUT2D eigenvalue weighted by atomic mass is 9.43. The number of sulfonamides is 1. The van der Waals surface area contributed by atoms with Crippen LogP contribution in [0.4, 0.5) is 5.95 Å². The molecule has 0 unspecified atom stereocenters. The fourth-order valence-corrected chi connectivity index (χ4v) is 9.13. The van der Waals surface area contributed by atoms with Gasteiger partial charge in [0.15, 0.2) is 5.65 Å². The number of nitrogens with zero attached hydrogens (tertiary/aromatic N) is 5. The number of carboxylic acid groups (broad SMARTS) is 1. The maximum atomic E-state index is 13.5. The van der Waals surface area contributed by atoms with E-state index in [1.165, 1.54) is 56.0 Å². The smallest absolute Gasteiger partial charge is 0.335 e. The van der Waals surface area contributed by atoms with Crippen molar-refractivity contribution in [3.63, 3.8) is 0 Å². The molecule has 4 aliphatic rings. The van der Waals surface area contributed by atoms with E-state index < -0.39 is 16.0 Å². The van der Waals surface area contributed by atoms with Crippen LogP contribution < -0.4 is 14.8 Å². The van der Waals surface area contributed by atoms with Crippen molar-refractivity contribution in [3.05, 3.63) is 88.9 Å². The first kappa shape index (κ1) is 34.2. The Hall–Kier alpha value is -4.88. The average Bonchev–Trinajstić information content (AvgIpc) is 3.73. The van der Waals surface area contributed by atoms with Gasteiger partial charge in [0, 0.05) is 42.4 Å². The SMILES string of the molecule is Cc1cccc(C)c1-c1cc(OC[C@@H](CC23CC(C2)C3)NCc2cnc3cc(C4(C)CC4)n(C)c3n2)nc(NS(=O)(=O)c2cccc(C(=O)O)c2)n1. The minimum atomic E-state index is -4.23. The molecule has 12 nitrogen and oxygen atoms in total. The van der Waals surface area contributed by atoms with Crippen molar-refractivity contribution in [2.75, 3.05) is 11.3 Å². The molecule has 2 aromatic carbocycles. The first-order valence-electron chi connectivity index (χ1n) is 17.8. The van der Waals surface area contributed by atoms with Gasteiger partial charge in [-0.1, -0.05) is 31.2 Å². The number of anilines is 1. The van der Waals surface area contributed by atoms with E-state index in [9.17, 15) is 18.3 Å². The third-order valence-corrected chi connectivity index (χ3v) is 12.6. The molecule has 1 atom stereocenters. The summed E-state index contributed by atoms with van der Waals surface area (Å²) in [5.41, 5.74) is 7.61. The lowest BCUT2D eigenvalue weighted by molar-refractivity contribution is -0.119. The van der Waals surface area contributed by atoms with Gasteiger partial charge in [0.1, 0.15) is 12.1 Å². The number of hydrogen-bond donors (Lipinski definition) is 3. The van der Waals surface area contributed by atoms with Gasteiger partial charge in [0.25, 0.3) is 10.0 Å². The number of nitrogens with one attached hydrogen (secondary N) is 2. The number of aryl methyl sites for hydroxylation is 3. The van der Waals surface area contributed by atoms with Crippen LogP contribution in [0.1, 0.15) is 78.3 Å². The molecule has 5 aromatic rings. The predicted octanol–water partition coefficient (Wildman–Crippen LogP) is 6.32. The van der Waals surface area contributed by atoms with Crippen LogP contribution in [0.15, 0.2) is 65.7 Å². The van der Waals surface area contributed by atoms with Gasteiger partial charge in [-0.25, -0.2) is 27.9 Å². The van der Waals surface area contributed by atoms with Gasteiger partial charge in [-0.15, -0.1) is 0 Å². The molecule has 3 heterocycles. The summed E-state index contributed by atoms with van der Waals surface area (Å²) in [4.78, 5) is 30.2. The molecule has 2 bridgehead atoms. The molecule has 0 amide bonds. The number of hydrogen-bond acceptors (Lipinski definition) is 9. The molecule has 4 aliphatic carbocycles. The standard InChI is InChI=1S/C39H43N7O5S/c1-23-7-5-8-24(2)34(23)30-15-33(44-37(43-30)45-52(49,50)29-10-6-9-26(13-29)36(47)48)51-22-27(19-39-16-25(17-39)18-39)40-20-28-21-41-31-14-32(38(3)11-12-38)46(4)35(31)42-28/h5-10,13-15,21,25,27,40H,11-12,16-20,22H2,1-4H3,(H,47,48)(H,43,44,45)/t25?,27-,39?/m1/s1. The lowest BCUT2D eigenvalue weighted by Crippen LogP contribution is -2.55.